The minimum Gasteiger partial charge on any atom is -0.482 e. The number of nitrogens with one attached hydrogen (secondary N) is 1. The van der Waals surface area contributed by atoms with Crippen molar-refractivity contribution in [1.82, 2.24) is 14.8 Å². The highest BCUT2D eigenvalue weighted by Crippen LogP contribution is 2.42. The summed E-state index contributed by atoms with van der Waals surface area (Å²) in [6.07, 6.45) is 12.8. The maximum atomic E-state index is 16.3. The van der Waals surface area contributed by atoms with Gasteiger partial charge in [0.25, 0.3) is 0 Å². The van der Waals surface area contributed by atoms with Crippen LogP contribution in [0.4, 0.5) is 19.3 Å². The Kier molecular flexibility index (Phi) is 5.23. The van der Waals surface area contributed by atoms with Crippen LogP contribution in [0.5, 0.6) is 0 Å². The SMILES string of the molecule is C#Cc1c(F)ccc2c1C(=c1ncc3c(c1F)NC(OC)=CC=3N1C(C)C3C1CCN3C(=O)O)CC=C2. The summed E-state index contributed by atoms with van der Waals surface area (Å²) < 4.78 is 36.3. The van der Waals surface area contributed by atoms with Crippen molar-refractivity contribution in [2.45, 2.75) is 37.9 Å². The van der Waals surface area contributed by atoms with Crippen LogP contribution in [0.3, 0.4) is 0 Å². The van der Waals surface area contributed by atoms with Crippen molar-refractivity contribution in [2.24, 2.45) is 0 Å². The Morgan fingerprint density at radius 1 is 1.35 bits per heavy atom. The zero-order valence-corrected chi connectivity index (χ0v) is 20.3. The van der Waals surface area contributed by atoms with Gasteiger partial charge in [-0.2, -0.15) is 0 Å². The van der Waals surface area contributed by atoms with Gasteiger partial charge in [-0.05, 0) is 37.0 Å². The second-order valence-corrected chi connectivity index (χ2v) is 9.52. The molecule has 2 aromatic rings. The predicted molar refractivity (Wildman–Crippen MR) is 134 cm³/mol. The van der Waals surface area contributed by atoms with E-state index in [1.807, 2.05) is 19.1 Å². The Hall–Kier alpha value is -4.32. The van der Waals surface area contributed by atoms with Gasteiger partial charge in [0.2, 0.25) is 0 Å². The number of allylic oxidation sites excluding steroid dienone is 1. The first-order valence-electron chi connectivity index (χ1n) is 12.0. The molecule has 0 spiro atoms. The molecular formula is C28H24F2N4O3. The summed E-state index contributed by atoms with van der Waals surface area (Å²) in [7, 11) is 1.49. The summed E-state index contributed by atoms with van der Waals surface area (Å²) in [4.78, 5) is 19.8. The van der Waals surface area contributed by atoms with Crippen molar-refractivity contribution >= 4 is 29.1 Å². The molecule has 0 radical (unpaired) electrons. The van der Waals surface area contributed by atoms with Gasteiger partial charge in [-0.1, -0.05) is 24.1 Å². The van der Waals surface area contributed by atoms with Gasteiger partial charge < -0.3 is 25.0 Å². The fraction of sp³-hybridized carbons (Fsp3) is 0.286. The highest BCUT2D eigenvalue weighted by molar-refractivity contribution is 5.83. The number of carboxylic acid groups (broad SMARTS) is 1. The number of methoxy groups -OCH3 is 1. The second kappa shape index (κ2) is 8.37. The van der Waals surface area contributed by atoms with Gasteiger partial charge in [0.05, 0.1) is 36.1 Å². The molecule has 0 bridgehead atoms. The highest BCUT2D eigenvalue weighted by atomic mass is 19.1. The van der Waals surface area contributed by atoms with Crippen LogP contribution >= 0.6 is 0 Å². The van der Waals surface area contributed by atoms with Crippen LogP contribution in [0, 0.1) is 24.0 Å². The summed E-state index contributed by atoms with van der Waals surface area (Å²) in [5.74, 6) is 1.63. The van der Waals surface area contributed by atoms with Gasteiger partial charge in [-0.15, -0.1) is 6.42 Å². The topological polar surface area (TPSA) is 77.9 Å². The highest BCUT2D eigenvalue weighted by Gasteiger charge is 2.54. The summed E-state index contributed by atoms with van der Waals surface area (Å²) >= 11 is 0. The van der Waals surface area contributed by atoms with Gasteiger partial charge in [-0.25, -0.2) is 13.6 Å². The molecule has 2 fully saturated rings. The number of hydrogen-bond donors (Lipinski definition) is 2. The average molecular weight is 503 g/mol. The molecule has 1 amide bonds. The maximum Gasteiger partial charge on any atom is 0.407 e. The van der Waals surface area contributed by atoms with Crippen LogP contribution in [0.2, 0.25) is 0 Å². The Morgan fingerprint density at radius 2 is 2.16 bits per heavy atom. The molecule has 3 aliphatic heterocycles. The maximum absolute atomic E-state index is 16.3. The van der Waals surface area contributed by atoms with Crippen molar-refractivity contribution in [3.8, 4) is 12.3 Å². The summed E-state index contributed by atoms with van der Waals surface area (Å²) in [5.41, 5.74) is 2.68. The number of likely N-dealkylation sites (tertiary alicyclic amines) is 2. The lowest BCUT2D eigenvalue weighted by molar-refractivity contribution is 0.0166. The van der Waals surface area contributed by atoms with Crippen molar-refractivity contribution in [1.29, 1.82) is 0 Å². The molecule has 4 aliphatic rings. The fourth-order valence-corrected chi connectivity index (χ4v) is 6.19. The lowest BCUT2D eigenvalue weighted by Crippen LogP contribution is -2.68. The van der Waals surface area contributed by atoms with Crippen molar-refractivity contribution in [3.63, 3.8) is 0 Å². The quantitative estimate of drug-likeness (QED) is 0.616. The third-order valence-corrected chi connectivity index (χ3v) is 7.80. The molecule has 7 nitrogen and oxygen atoms in total. The molecule has 3 unspecified atom stereocenters. The van der Waals surface area contributed by atoms with E-state index in [9.17, 15) is 14.3 Å². The first-order chi connectivity index (χ1) is 17.8. The average Bonchev–Trinajstić information content (AvgIpc) is 3.29. The van der Waals surface area contributed by atoms with E-state index in [1.165, 1.54) is 18.1 Å². The number of carbonyl (C=O) groups is 1. The third kappa shape index (κ3) is 3.25. The van der Waals surface area contributed by atoms with E-state index in [0.29, 0.717) is 52.9 Å². The molecule has 2 N–H and O–H groups in total. The first-order valence-corrected chi connectivity index (χ1v) is 12.0. The summed E-state index contributed by atoms with van der Waals surface area (Å²) in [6.45, 7) is 2.42. The Labute approximate surface area is 212 Å². The number of ether oxygens (including phenoxy) is 1. The Morgan fingerprint density at radius 3 is 2.89 bits per heavy atom. The Balaban J connectivity index is 1.55. The lowest BCUT2D eigenvalue weighted by Gasteiger charge is -2.54. The number of amides is 1. The number of halogens is 2. The number of hydrogen-bond acceptors (Lipinski definition) is 5. The van der Waals surface area contributed by atoms with E-state index in [0.717, 1.165) is 0 Å². The van der Waals surface area contributed by atoms with Crippen molar-refractivity contribution < 1.29 is 23.4 Å². The van der Waals surface area contributed by atoms with Crippen LogP contribution in [0.15, 0.2) is 36.4 Å². The first kappa shape index (κ1) is 23.1. The monoisotopic (exact) mass is 502 g/mol. The number of anilines is 1. The van der Waals surface area contributed by atoms with E-state index in [4.69, 9.17) is 11.2 Å². The van der Waals surface area contributed by atoms with Crippen molar-refractivity contribution in [2.75, 3.05) is 19.0 Å². The van der Waals surface area contributed by atoms with E-state index in [2.05, 4.69) is 21.1 Å². The van der Waals surface area contributed by atoms with Gasteiger partial charge in [0.15, 0.2) is 11.7 Å². The van der Waals surface area contributed by atoms with Gasteiger partial charge in [0.1, 0.15) is 11.2 Å². The van der Waals surface area contributed by atoms with E-state index in [-0.39, 0.29) is 34.7 Å². The number of fused-ring (bicyclic) bond motifs is 3. The molecule has 188 valence electrons. The minimum atomic E-state index is -0.929. The van der Waals surface area contributed by atoms with Crippen molar-refractivity contribution in [3.05, 3.63) is 75.3 Å². The largest absolute Gasteiger partial charge is 0.482 e. The molecule has 1 aromatic heterocycles. The van der Waals surface area contributed by atoms with Crippen LogP contribution in [-0.4, -0.2) is 57.8 Å². The molecule has 3 atom stereocenters. The van der Waals surface area contributed by atoms with E-state index in [1.54, 1.807) is 18.3 Å². The number of pyridine rings is 1. The number of rotatable bonds is 2. The number of benzene rings is 1. The van der Waals surface area contributed by atoms with Crippen LogP contribution < -0.4 is 15.9 Å². The number of aromatic nitrogens is 1. The van der Waals surface area contributed by atoms with Crippen LogP contribution in [0.1, 0.15) is 36.5 Å². The second-order valence-electron chi connectivity index (χ2n) is 9.52. The predicted octanol–water partition coefficient (Wildman–Crippen LogP) is 2.80. The third-order valence-electron chi connectivity index (χ3n) is 7.80. The molecule has 2 saturated heterocycles. The van der Waals surface area contributed by atoms with E-state index < -0.39 is 17.7 Å². The zero-order chi connectivity index (χ0) is 26.0. The number of nitrogens with zero attached hydrogens (tertiary/aromatic N) is 3. The Bertz CT molecular complexity index is 1590. The molecule has 37 heavy (non-hydrogen) atoms. The molecule has 6 rings (SSSR count). The standard InChI is InChI=1S/C28H24F2N4O3/c1-4-16-19(29)9-8-15-6-5-7-17(23(15)16)25-24(30)26-18(13-31-25)21(12-22(32-26)37-3)34-14(2)27-20(34)10-11-33(27)28(35)36/h1,5-6,8-9,12-14,20,27,32H,7,10-11H2,2-3H3,(H,35,36). The molecular weight excluding hydrogens is 478 g/mol. The molecule has 1 aromatic carbocycles. The number of terminal acetylenes is 1. The zero-order valence-electron chi connectivity index (χ0n) is 20.3. The van der Waals surface area contributed by atoms with Gasteiger partial charge in [0, 0.05) is 35.6 Å². The molecule has 9 heteroatoms. The minimum absolute atomic E-state index is 0.0185. The molecule has 4 heterocycles. The smallest absolute Gasteiger partial charge is 0.407 e. The lowest BCUT2D eigenvalue weighted by atomic mass is 9.86. The normalized spacial score (nSPS) is 24.8. The fourth-order valence-electron chi connectivity index (χ4n) is 6.19. The molecule has 0 saturated carbocycles. The van der Waals surface area contributed by atoms with E-state index >= 15 is 4.39 Å². The van der Waals surface area contributed by atoms with Gasteiger partial charge in [-0.3, -0.25) is 4.98 Å². The van der Waals surface area contributed by atoms with Crippen LogP contribution in [-0.2, 0) is 4.74 Å². The van der Waals surface area contributed by atoms with Crippen LogP contribution in [0.25, 0.3) is 17.3 Å². The summed E-state index contributed by atoms with van der Waals surface area (Å²) in [6, 6.07) is 2.68. The van der Waals surface area contributed by atoms with Gasteiger partial charge >= 0.3 is 6.09 Å². The summed E-state index contributed by atoms with van der Waals surface area (Å²) in [5, 5.41) is 13.2. The molecule has 1 aliphatic carbocycles.